The van der Waals surface area contributed by atoms with Crippen LogP contribution in [0.3, 0.4) is 0 Å². The predicted octanol–water partition coefficient (Wildman–Crippen LogP) is 3.29. The van der Waals surface area contributed by atoms with Gasteiger partial charge in [-0.2, -0.15) is 0 Å². The van der Waals surface area contributed by atoms with Crippen LogP contribution in [-0.2, 0) is 19.1 Å². The predicted molar refractivity (Wildman–Crippen MR) is 104 cm³/mol. The first kappa shape index (κ1) is 19.1. The Morgan fingerprint density at radius 3 is 2.65 bits per heavy atom. The van der Waals surface area contributed by atoms with Gasteiger partial charge in [0.25, 0.3) is 0 Å². The van der Waals surface area contributed by atoms with E-state index in [1.807, 2.05) is 31.2 Å². The average Bonchev–Trinajstić information content (AvgIpc) is 2.88. The lowest BCUT2D eigenvalue weighted by atomic mass is 9.94. The van der Waals surface area contributed by atoms with Gasteiger partial charge in [-0.25, -0.2) is 9.79 Å². The maximum Gasteiger partial charge on any atom is 0.338 e. The number of esters is 1. The number of amidine groups is 1. The molecule has 1 amide bonds. The molecule has 138 valence electrons. The standard InChI is InChI=1S/C18H19BrN2O4S/c1-10-14(17(23)25-9-8-24-3)15(12-4-6-13(19)7-5-12)21-16(22)11(2)26-18(21)20-10/h4-7,11,15H,8-9H2,1-3H3. The second-order valence-corrected chi connectivity index (χ2v) is 8.17. The van der Waals surface area contributed by atoms with Crippen molar-refractivity contribution < 1.29 is 19.1 Å². The summed E-state index contributed by atoms with van der Waals surface area (Å²) in [6.45, 7) is 4.08. The van der Waals surface area contributed by atoms with Gasteiger partial charge in [-0.15, -0.1) is 0 Å². The van der Waals surface area contributed by atoms with Crippen molar-refractivity contribution in [3.05, 3.63) is 45.6 Å². The molecule has 0 N–H and O–H groups in total. The molecule has 0 aromatic heterocycles. The molecule has 2 atom stereocenters. The Balaban J connectivity index is 2.03. The topological polar surface area (TPSA) is 68.2 Å². The van der Waals surface area contributed by atoms with E-state index in [9.17, 15) is 9.59 Å². The van der Waals surface area contributed by atoms with E-state index in [0.717, 1.165) is 10.0 Å². The minimum atomic E-state index is -0.546. The Morgan fingerprint density at radius 1 is 1.31 bits per heavy atom. The van der Waals surface area contributed by atoms with E-state index in [-0.39, 0.29) is 17.8 Å². The maximum atomic E-state index is 12.8. The number of nitrogens with zero attached hydrogens (tertiary/aromatic N) is 2. The van der Waals surface area contributed by atoms with Gasteiger partial charge >= 0.3 is 5.97 Å². The van der Waals surface area contributed by atoms with E-state index in [0.29, 0.717) is 23.0 Å². The summed E-state index contributed by atoms with van der Waals surface area (Å²) in [4.78, 5) is 31.6. The number of halogens is 1. The fourth-order valence-electron chi connectivity index (χ4n) is 2.92. The van der Waals surface area contributed by atoms with Crippen LogP contribution in [0.5, 0.6) is 0 Å². The maximum absolute atomic E-state index is 12.8. The van der Waals surface area contributed by atoms with Crippen LogP contribution in [0, 0.1) is 0 Å². The molecule has 2 aliphatic heterocycles. The molecule has 8 heteroatoms. The number of hydrogen-bond donors (Lipinski definition) is 0. The molecule has 1 aromatic rings. The molecular weight excluding hydrogens is 420 g/mol. The van der Waals surface area contributed by atoms with E-state index in [1.54, 1.807) is 18.9 Å². The Kier molecular flexibility index (Phi) is 5.84. The van der Waals surface area contributed by atoms with Crippen molar-refractivity contribution in [3.8, 4) is 0 Å². The third-order valence-corrected chi connectivity index (χ3v) is 5.77. The number of carbonyl (C=O) groups excluding carboxylic acids is 2. The number of amides is 1. The Hall–Kier alpha value is -1.64. The van der Waals surface area contributed by atoms with Gasteiger partial charge in [-0.3, -0.25) is 9.69 Å². The Labute approximate surface area is 164 Å². The highest BCUT2D eigenvalue weighted by atomic mass is 79.9. The SMILES string of the molecule is COCCOC(=O)C1=C(C)N=C2SC(C)C(=O)N2C1c1ccc(Br)cc1. The highest BCUT2D eigenvalue weighted by Crippen LogP contribution is 2.43. The van der Waals surface area contributed by atoms with Crippen LogP contribution in [0.4, 0.5) is 0 Å². The molecule has 6 nitrogen and oxygen atoms in total. The van der Waals surface area contributed by atoms with Gasteiger partial charge < -0.3 is 9.47 Å². The summed E-state index contributed by atoms with van der Waals surface area (Å²) >= 11 is 4.83. The van der Waals surface area contributed by atoms with Crippen molar-refractivity contribution >= 4 is 44.7 Å². The molecule has 2 heterocycles. The Morgan fingerprint density at radius 2 is 2.00 bits per heavy atom. The zero-order valence-electron chi connectivity index (χ0n) is 14.7. The number of hydrogen-bond acceptors (Lipinski definition) is 6. The zero-order chi connectivity index (χ0) is 18.8. The summed E-state index contributed by atoms with van der Waals surface area (Å²) < 4.78 is 11.2. The number of rotatable bonds is 5. The van der Waals surface area contributed by atoms with E-state index in [2.05, 4.69) is 20.9 Å². The molecule has 0 aliphatic carbocycles. The molecule has 0 radical (unpaired) electrons. The number of ether oxygens (including phenoxy) is 2. The van der Waals surface area contributed by atoms with Crippen molar-refractivity contribution in [1.82, 2.24) is 4.90 Å². The molecule has 3 rings (SSSR count). The molecule has 0 bridgehead atoms. The van der Waals surface area contributed by atoms with Gasteiger partial charge in [0, 0.05) is 11.6 Å². The highest BCUT2D eigenvalue weighted by Gasteiger charge is 2.46. The van der Waals surface area contributed by atoms with Crippen molar-refractivity contribution in [1.29, 1.82) is 0 Å². The third kappa shape index (κ3) is 3.58. The van der Waals surface area contributed by atoms with Crippen LogP contribution in [0.2, 0.25) is 0 Å². The molecule has 0 saturated carbocycles. The quantitative estimate of drug-likeness (QED) is 0.521. The van der Waals surface area contributed by atoms with Crippen molar-refractivity contribution in [2.24, 2.45) is 4.99 Å². The summed E-state index contributed by atoms with van der Waals surface area (Å²) in [6.07, 6.45) is 0. The number of aliphatic imine (C=N–C) groups is 1. The van der Waals surface area contributed by atoms with E-state index >= 15 is 0 Å². The van der Waals surface area contributed by atoms with Crippen molar-refractivity contribution in [2.75, 3.05) is 20.3 Å². The lowest BCUT2D eigenvalue weighted by Gasteiger charge is -2.33. The first-order valence-electron chi connectivity index (χ1n) is 8.14. The third-order valence-electron chi connectivity index (χ3n) is 4.18. The largest absolute Gasteiger partial charge is 0.460 e. The molecule has 1 fully saturated rings. The fraction of sp³-hybridized carbons (Fsp3) is 0.389. The first-order valence-corrected chi connectivity index (χ1v) is 9.82. The minimum Gasteiger partial charge on any atom is -0.460 e. The fourth-order valence-corrected chi connectivity index (χ4v) is 4.21. The van der Waals surface area contributed by atoms with Crippen LogP contribution < -0.4 is 0 Å². The van der Waals surface area contributed by atoms with Crippen molar-refractivity contribution in [3.63, 3.8) is 0 Å². The lowest BCUT2D eigenvalue weighted by molar-refractivity contribution is -0.141. The second kappa shape index (κ2) is 7.94. The zero-order valence-corrected chi connectivity index (χ0v) is 17.1. The van der Waals surface area contributed by atoms with Gasteiger partial charge in [-0.05, 0) is 31.5 Å². The summed E-state index contributed by atoms with van der Waals surface area (Å²) in [7, 11) is 1.54. The summed E-state index contributed by atoms with van der Waals surface area (Å²) in [5.41, 5.74) is 1.79. The molecule has 2 unspecified atom stereocenters. The number of allylic oxidation sites excluding steroid dienone is 1. The van der Waals surface area contributed by atoms with E-state index in [1.165, 1.54) is 11.8 Å². The molecule has 26 heavy (non-hydrogen) atoms. The number of thioether (sulfide) groups is 1. The van der Waals surface area contributed by atoms with Crippen LogP contribution in [0.25, 0.3) is 0 Å². The molecule has 2 aliphatic rings. The van der Waals surface area contributed by atoms with Gasteiger partial charge in [0.15, 0.2) is 5.17 Å². The number of fused-ring (bicyclic) bond motifs is 1. The van der Waals surface area contributed by atoms with Crippen LogP contribution in [0.1, 0.15) is 25.5 Å². The van der Waals surface area contributed by atoms with Crippen LogP contribution in [-0.4, -0.2) is 47.5 Å². The molecular formula is C18H19BrN2O4S. The summed E-state index contributed by atoms with van der Waals surface area (Å²) in [5.74, 6) is -0.538. The Bertz CT molecular complexity index is 791. The summed E-state index contributed by atoms with van der Waals surface area (Å²) in [5, 5.41) is 0.393. The number of benzene rings is 1. The molecule has 0 spiro atoms. The monoisotopic (exact) mass is 438 g/mol. The van der Waals surface area contributed by atoms with Gasteiger partial charge in [0.05, 0.1) is 29.2 Å². The first-order chi connectivity index (χ1) is 12.4. The minimum absolute atomic E-state index is 0.0589. The second-order valence-electron chi connectivity index (χ2n) is 5.94. The lowest BCUT2D eigenvalue weighted by Crippen LogP contribution is -2.40. The van der Waals surface area contributed by atoms with Gasteiger partial charge in [0.1, 0.15) is 6.61 Å². The van der Waals surface area contributed by atoms with Crippen molar-refractivity contribution in [2.45, 2.75) is 25.1 Å². The molecule has 1 aromatic carbocycles. The number of methoxy groups -OCH3 is 1. The smallest absolute Gasteiger partial charge is 0.338 e. The average molecular weight is 439 g/mol. The summed E-state index contributed by atoms with van der Waals surface area (Å²) in [6, 6.07) is 7.03. The van der Waals surface area contributed by atoms with Gasteiger partial charge in [-0.1, -0.05) is 39.8 Å². The van der Waals surface area contributed by atoms with Crippen LogP contribution in [0.15, 0.2) is 45.0 Å². The van der Waals surface area contributed by atoms with E-state index in [4.69, 9.17) is 9.47 Å². The highest BCUT2D eigenvalue weighted by molar-refractivity contribution is 9.10. The van der Waals surface area contributed by atoms with Crippen LogP contribution >= 0.6 is 27.7 Å². The van der Waals surface area contributed by atoms with E-state index < -0.39 is 12.0 Å². The molecule has 1 saturated heterocycles. The van der Waals surface area contributed by atoms with Gasteiger partial charge in [0.2, 0.25) is 5.91 Å². The number of carbonyl (C=O) groups is 2. The normalized spacial score (nSPS) is 22.4.